The minimum Gasteiger partial charge on any atom is -0.311 e. The van der Waals surface area contributed by atoms with Gasteiger partial charge in [-0.1, -0.05) is 191 Å². The number of anilines is 9. The van der Waals surface area contributed by atoms with Crippen LogP contribution in [0.3, 0.4) is 0 Å². The molecule has 7 aromatic carbocycles. The average molecular weight is 980 g/mol. The Hall–Kier alpha value is -6.04. The molecule has 374 valence electrons. The van der Waals surface area contributed by atoms with Crippen molar-refractivity contribution in [2.45, 2.75) is 157 Å². The van der Waals surface area contributed by atoms with E-state index in [1.165, 1.54) is 87.6 Å². The molecule has 0 fully saturated rings. The number of hydrogen-bond acceptors (Lipinski definition) is 4. The van der Waals surface area contributed by atoms with Crippen LogP contribution in [0, 0.1) is 0 Å². The molecule has 10 rings (SSSR count). The van der Waals surface area contributed by atoms with Gasteiger partial charge in [-0.25, -0.2) is 0 Å². The molecular weight excluding hydrogens is 902 g/mol. The zero-order valence-electron chi connectivity index (χ0n) is 47.2. The molecule has 8 aromatic rings. The molecule has 0 radical (unpaired) electrons. The Morgan fingerprint density at radius 1 is 0.356 bits per heavy atom. The predicted molar refractivity (Wildman–Crippen MR) is 323 cm³/mol. The van der Waals surface area contributed by atoms with Crippen LogP contribution in [0.15, 0.2) is 146 Å². The fourth-order valence-electron chi connectivity index (χ4n) is 11.0. The highest BCUT2D eigenvalue weighted by Crippen LogP contribution is 2.52. The smallest absolute Gasteiger partial charge is 0.264 e. The predicted octanol–water partition coefficient (Wildman–Crippen LogP) is 18.2. The van der Waals surface area contributed by atoms with Crippen molar-refractivity contribution in [3.63, 3.8) is 0 Å². The molecule has 2 aliphatic heterocycles. The second-order valence-electron chi connectivity index (χ2n) is 27.3. The number of benzene rings is 7. The number of hydrogen-bond donors (Lipinski definition) is 0. The van der Waals surface area contributed by atoms with Crippen molar-refractivity contribution in [2.75, 3.05) is 14.7 Å². The second kappa shape index (κ2) is 17.3. The van der Waals surface area contributed by atoms with Gasteiger partial charge in [-0.15, -0.1) is 11.3 Å². The lowest BCUT2D eigenvalue weighted by atomic mass is 9.36. The molecule has 1 aromatic heterocycles. The van der Waals surface area contributed by atoms with Gasteiger partial charge in [-0.05, 0) is 156 Å². The van der Waals surface area contributed by atoms with Crippen LogP contribution in [0.4, 0.5) is 51.2 Å². The zero-order chi connectivity index (χ0) is 52.5. The third-order valence-electron chi connectivity index (χ3n) is 15.6. The second-order valence-corrected chi connectivity index (χ2v) is 28.4. The van der Waals surface area contributed by atoms with Crippen molar-refractivity contribution in [1.82, 2.24) is 0 Å². The van der Waals surface area contributed by atoms with E-state index in [2.05, 4.69) is 285 Å². The number of nitrogens with zero attached hydrogens (tertiary/aromatic N) is 3. The van der Waals surface area contributed by atoms with E-state index in [4.69, 9.17) is 0 Å². The molecule has 0 amide bonds. The third kappa shape index (κ3) is 9.13. The molecule has 73 heavy (non-hydrogen) atoms. The topological polar surface area (TPSA) is 9.72 Å². The van der Waals surface area contributed by atoms with Crippen LogP contribution in [0.5, 0.6) is 0 Å². The summed E-state index contributed by atoms with van der Waals surface area (Å²) in [4.78, 5) is 7.74. The maximum atomic E-state index is 2.65. The molecule has 3 nitrogen and oxygen atoms in total. The average Bonchev–Trinajstić information content (AvgIpc) is 3.69. The van der Waals surface area contributed by atoms with Crippen LogP contribution in [0.1, 0.15) is 158 Å². The summed E-state index contributed by atoms with van der Waals surface area (Å²) in [5.74, 6) is 0. The third-order valence-corrected chi connectivity index (χ3v) is 16.8. The molecule has 0 atom stereocenters. The van der Waals surface area contributed by atoms with Gasteiger partial charge in [-0.2, -0.15) is 0 Å². The molecule has 0 aliphatic carbocycles. The first-order valence-corrected chi connectivity index (χ1v) is 27.5. The maximum Gasteiger partial charge on any atom is 0.264 e. The summed E-state index contributed by atoms with van der Waals surface area (Å²) in [5, 5.41) is 1.31. The van der Waals surface area contributed by atoms with Crippen molar-refractivity contribution in [3.05, 3.63) is 179 Å². The standard InChI is InChI=1S/C68H78BN3S/c1-63(2,3)43-19-29-49(30-20-43)70(50-31-21-44(22-32-50)64(4,5)6)53-41-57-60-58(42-53)72(52-35-25-46(26-36-52)66(10,11)12)61-54-39-47(67(13,14)15)28-38-59(54)73-62(61)69(60)55-40-48(68(16,17)18)27-37-56(55)71(57)51-33-23-45(24-34-51)65(7,8)9/h19-42H,1-18H3. The van der Waals surface area contributed by atoms with Crippen LogP contribution < -0.4 is 30.4 Å². The SMILES string of the molecule is CC(C)(C)c1ccc(N(c2ccc(C(C)(C)C)cc2)c2cc3c4c(c2)N(c2ccc(C(C)(C)C)cc2)c2c(sc5ccc(C(C)(C)C)cc25)B4c2cc(C(C)(C)C)ccc2N3c2ccc(C(C)(C)C)cc2)cc1. The molecule has 0 saturated carbocycles. The first-order chi connectivity index (χ1) is 34.0. The van der Waals surface area contributed by atoms with E-state index in [-0.39, 0.29) is 39.2 Å². The molecule has 0 N–H and O–H groups in total. The summed E-state index contributed by atoms with van der Waals surface area (Å²) >= 11 is 1.98. The molecule has 0 unspecified atom stereocenters. The lowest BCUT2D eigenvalue weighted by Gasteiger charge is -2.44. The summed E-state index contributed by atoms with van der Waals surface area (Å²) < 4.78 is 2.71. The lowest BCUT2D eigenvalue weighted by molar-refractivity contribution is 0.590. The molecule has 0 bridgehead atoms. The largest absolute Gasteiger partial charge is 0.311 e. The number of thiophene rings is 1. The van der Waals surface area contributed by atoms with Gasteiger partial charge in [0.2, 0.25) is 0 Å². The van der Waals surface area contributed by atoms with Gasteiger partial charge in [-0.3, -0.25) is 0 Å². The van der Waals surface area contributed by atoms with Crippen LogP contribution in [-0.2, 0) is 32.5 Å². The quantitative estimate of drug-likeness (QED) is 0.159. The molecule has 2 aliphatic rings. The Morgan fingerprint density at radius 2 is 0.726 bits per heavy atom. The Bertz CT molecular complexity index is 3310. The maximum absolute atomic E-state index is 2.65. The van der Waals surface area contributed by atoms with Gasteiger partial charge in [0, 0.05) is 54.7 Å². The summed E-state index contributed by atoms with van der Waals surface area (Å²) in [6, 6.07) is 57.2. The van der Waals surface area contributed by atoms with E-state index < -0.39 is 0 Å². The highest BCUT2D eigenvalue weighted by Gasteiger charge is 2.46. The van der Waals surface area contributed by atoms with Gasteiger partial charge >= 0.3 is 0 Å². The van der Waals surface area contributed by atoms with Crippen molar-refractivity contribution in [1.29, 1.82) is 0 Å². The Morgan fingerprint density at radius 3 is 1.16 bits per heavy atom. The van der Waals surface area contributed by atoms with Crippen LogP contribution in [0.2, 0.25) is 0 Å². The van der Waals surface area contributed by atoms with Crippen molar-refractivity contribution >= 4 is 95.0 Å². The minimum absolute atomic E-state index is 0.00947. The van der Waals surface area contributed by atoms with Gasteiger partial charge in [0.1, 0.15) is 0 Å². The molecule has 3 heterocycles. The van der Waals surface area contributed by atoms with E-state index in [9.17, 15) is 0 Å². The number of fused-ring (bicyclic) bond motifs is 6. The first kappa shape index (κ1) is 50.5. The molecule has 0 saturated heterocycles. The summed E-state index contributed by atoms with van der Waals surface area (Å²) in [7, 11) is 0. The van der Waals surface area contributed by atoms with Crippen molar-refractivity contribution < 1.29 is 0 Å². The van der Waals surface area contributed by atoms with E-state index in [1.54, 1.807) is 0 Å². The van der Waals surface area contributed by atoms with Crippen LogP contribution in [0.25, 0.3) is 10.1 Å². The van der Waals surface area contributed by atoms with Crippen LogP contribution >= 0.6 is 11.3 Å². The fraction of sp³-hybridized carbons (Fsp3) is 0.353. The molecular formula is C68H78BN3S. The zero-order valence-corrected chi connectivity index (χ0v) is 48.0. The van der Waals surface area contributed by atoms with E-state index in [0.29, 0.717) is 0 Å². The number of rotatable bonds is 5. The van der Waals surface area contributed by atoms with Crippen LogP contribution in [-0.4, -0.2) is 6.71 Å². The van der Waals surface area contributed by atoms with E-state index in [1.807, 2.05) is 11.3 Å². The van der Waals surface area contributed by atoms with Gasteiger partial charge in [0.25, 0.3) is 6.71 Å². The Kier molecular flexibility index (Phi) is 11.9. The fourth-order valence-corrected chi connectivity index (χ4v) is 12.3. The molecule has 0 spiro atoms. The Balaban J connectivity index is 1.36. The van der Waals surface area contributed by atoms with Gasteiger partial charge in [0.15, 0.2) is 0 Å². The summed E-state index contributed by atoms with van der Waals surface area (Å²) in [5.41, 5.74) is 21.3. The minimum atomic E-state index is -0.0487. The first-order valence-electron chi connectivity index (χ1n) is 26.7. The monoisotopic (exact) mass is 980 g/mol. The molecule has 5 heteroatoms. The van der Waals surface area contributed by atoms with Crippen molar-refractivity contribution in [2.24, 2.45) is 0 Å². The van der Waals surface area contributed by atoms with Gasteiger partial charge in [0.05, 0.1) is 11.4 Å². The lowest BCUT2D eigenvalue weighted by Crippen LogP contribution is -2.60. The van der Waals surface area contributed by atoms with Crippen molar-refractivity contribution in [3.8, 4) is 0 Å². The normalized spacial score (nSPS) is 14.1. The van der Waals surface area contributed by atoms with Gasteiger partial charge < -0.3 is 14.7 Å². The highest BCUT2D eigenvalue weighted by molar-refractivity contribution is 7.33. The summed E-state index contributed by atoms with van der Waals surface area (Å²) in [6.07, 6.45) is 0. The summed E-state index contributed by atoms with van der Waals surface area (Å²) in [6.45, 7) is 41.7. The Labute approximate surface area is 443 Å². The van der Waals surface area contributed by atoms with E-state index >= 15 is 0 Å². The highest BCUT2D eigenvalue weighted by atomic mass is 32.1. The van der Waals surface area contributed by atoms with E-state index in [0.717, 1.165) is 22.7 Å².